The molecule has 2 unspecified atom stereocenters. The number of hydrogen-bond acceptors (Lipinski definition) is 6. The second-order valence-electron chi connectivity index (χ2n) is 8.48. The number of rotatable bonds is 6. The number of thiophene rings is 1. The number of amides is 2. The van der Waals surface area contributed by atoms with E-state index >= 15 is 0 Å². The van der Waals surface area contributed by atoms with Crippen molar-refractivity contribution in [3.05, 3.63) is 45.1 Å². The second kappa shape index (κ2) is 9.69. The third-order valence-corrected chi connectivity index (χ3v) is 8.06. The van der Waals surface area contributed by atoms with Crippen molar-refractivity contribution in [1.82, 2.24) is 9.55 Å². The van der Waals surface area contributed by atoms with Gasteiger partial charge in [0.1, 0.15) is 4.83 Å². The Morgan fingerprint density at radius 1 is 1.24 bits per heavy atom. The summed E-state index contributed by atoms with van der Waals surface area (Å²) in [6, 6.07) is 6.95. The maximum Gasteiger partial charge on any atom is 0.263 e. The topological polar surface area (TPSA) is 93.1 Å². The first kappa shape index (κ1) is 23.5. The number of aryl methyl sites for hydroxylation is 1. The monoisotopic (exact) mass is 484 g/mol. The Kier molecular flexibility index (Phi) is 6.90. The fourth-order valence-corrected chi connectivity index (χ4v) is 6.47. The van der Waals surface area contributed by atoms with Gasteiger partial charge in [0.2, 0.25) is 11.8 Å². The molecule has 0 saturated carbocycles. The van der Waals surface area contributed by atoms with Gasteiger partial charge >= 0.3 is 0 Å². The van der Waals surface area contributed by atoms with E-state index in [1.165, 1.54) is 29.1 Å². The Balaban J connectivity index is 1.54. The minimum atomic E-state index is -0.447. The van der Waals surface area contributed by atoms with Crippen LogP contribution in [0.4, 0.5) is 11.4 Å². The van der Waals surface area contributed by atoms with E-state index in [1.807, 2.05) is 13.8 Å². The van der Waals surface area contributed by atoms with Gasteiger partial charge in [0.15, 0.2) is 5.16 Å². The minimum absolute atomic E-state index is 0.00165. The van der Waals surface area contributed by atoms with Crippen molar-refractivity contribution in [3.8, 4) is 0 Å². The lowest BCUT2D eigenvalue weighted by Crippen LogP contribution is -2.27. The van der Waals surface area contributed by atoms with Crippen LogP contribution in [0.5, 0.6) is 0 Å². The Labute approximate surface area is 201 Å². The highest BCUT2D eigenvalue weighted by atomic mass is 32.2. The van der Waals surface area contributed by atoms with Crippen LogP contribution in [0.15, 0.2) is 34.2 Å². The highest BCUT2D eigenvalue weighted by molar-refractivity contribution is 8.00. The highest BCUT2D eigenvalue weighted by Gasteiger charge is 2.25. The summed E-state index contributed by atoms with van der Waals surface area (Å²) in [4.78, 5) is 44.2. The van der Waals surface area contributed by atoms with Gasteiger partial charge in [-0.15, -0.1) is 11.3 Å². The van der Waals surface area contributed by atoms with Crippen molar-refractivity contribution in [1.29, 1.82) is 0 Å². The average Bonchev–Trinajstić information content (AvgIpc) is 3.12. The Morgan fingerprint density at radius 2 is 1.91 bits per heavy atom. The van der Waals surface area contributed by atoms with E-state index in [4.69, 9.17) is 4.98 Å². The molecule has 2 atom stereocenters. The van der Waals surface area contributed by atoms with Gasteiger partial charge in [-0.25, -0.2) is 4.98 Å². The quantitative estimate of drug-likeness (QED) is 0.391. The zero-order valence-electron chi connectivity index (χ0n) is 19.2. The highest BCUT2D eigenvalue weighted by Crippen LogP contribution is 2.37. The fraction of sp³-hybridized carbons (Fsp3) is 0.417. The molecular formula is C24H28N4O3S2. The molecule has 0 saturated heterocycles. The van der Waals surface area contributed by atoms with Crippen LogP contribution in [0, 0.1) is 5.92 Å². The molecule has 1 aliphatic carbocycles. The van der Waals surface area contributed by atoms with Crippen LogP contribution in [-0.2, 0) is 29.0 Å². The third kappa shape index (κ3) is 4.99. The summed E-state index contributed by atoms with van der Waals surface area (Å²) in [5.74, 6) is 0.303. The summed E-state index contributed by atoms with van der Waals surface area (Å²) >= 11 is 2.92. The number of nitrogens with one attached hydrogen (secondary N) is 2. The van der Waals surface area contributed by atoms with Crippen LogP contribution >= 0.6 is 23.1 Å². The molecule has 33 heavy (non-hydrogen) atoms. The molecule has 2 aromatic heterocycles. The van der Waals surface area contributed by atoms with Crippen LogP contribution in [-0.4, -0.2) is 26.6 Å². The van der Waals surface area contributed by atoms with Crippen molar-refractivity contribution in [2.45, 2.75) is 63.9 Å². The molecule has 2 N–H and O–H groups in total. The van der Waals surface area contributed by atoms with Crippen LogP contribution in [0.1, 0.15) is 44.6 Å². The van der Waals surface area contributed by atoms with Gasteiger partial charge in [-0.05, 0) is 68.9 Å². The molecule has 174 valence electrons. The van der Waals surface area contributed by atoms with E-state index in [9.17, 15) is 14.4 Å². The molecule has 4 rings (SSSR count). The summed E-state index contributed by atoms with van der Waals surface area (Å²) < 4.78 is 1.68. The van der Waals surface area contributed by atoms with Crippen molar-refractivity contribution in [2.75, 3.05) is 10.6 Å². The molecule has 3 aromatic rings. The molecule has 7 nitrogen and oxygen atoms in total. The smallest absolute Gasteiger partial charge is 0.263 e. The Morgan fingerprint density at radius 3 is 2.55 bits per heavy atom. The standard InChI is InChI=1S/C24H28N4O3S2/c1-5-28-23(31)20-18-11-6-13(2)12-19(18)33-22(20)27-24(28)32-14(3)21(30)26-17-9-7-16(8-10-17)25-15(4)29/h7-10,13-14H,5-6,11-12H2,1-4H3,(H,25,29)(H,26,30). The summed E-state index contributed by atoms with van der Waals surface area (Å²) in [7, 11) is 0. The number of nitrogens with zero attached hydrogens (tertiary/aromatic N) is 2. The van der Waals surface area contributed by atoms with Gasteiger partial charge in [0, 0.05) is 29.7 Å². The molecule has 0 fully saturated rings. The number of benzene rings is 1. The lowest BCUT2D eigenvalue weighted by Gasteiger charge is -2.18. The maximum atomic E-state index is 13.3. The van der Waals surface area contributed by atoms with Gasteiger partial charge in [-0.3, -0.25) is 19.0 Å². The number of anilines is 2. The maximum absolute atomic E-state index is 13.3. The molecule has 2 heterocycles. The Bertz CT molecular complexity index is 1260. The van der Waals surface area contributed by atoms with Crippen molar-refractivity contribution >= 4 is 56.5 Å². The largest absolute Gasteiger partial charge is 0.326 e. The van der Waals surface area contributed by atoms with Crippen LogP contribution in [0.2, 0.25) is 0 Å². The Hall–Kier alpha value is -2.65. The lowest BCUT2D eigenvalue weighted by molar-refractivity contribution is -0.115. The summed E-state index contributed by atoms with van der Waals surface area (Å²) in [6.45, 7) is 7.94. The second-order valence-corrected chi connectivity index (χ2v) is 10.9. The summed E-state index contributed by atoms with van der Waals surface area (Å²) in [6.07, 6.45) is 3.04. The minimum Gasteiger partial charge on any atom is -0.326 e. The normalized spacial score (nSPS) is 16.3. The lowest BCUT2D eigenvalue weighted by atomic mass is 9.89. The van der Waals surface area contributed by atoms with Gasteiger partial charge in [0.05, 0.1) is 10.6 Å². The molecule has 9 heteroatoms. The van der Waals surface area contributed by atoms with E-state index in [0.29, 0.717) is 29.0 Å². The number of hydrogen-bond donors (Lipinski definition) is 2. The van der Waals surface area contributed by atoms with Crippen LogP contribution < -0.4 is 16.2 Å². The molecule has 0 bridgehead atoms. The van der Waals surface area contributed by atoms with E-state index in [2.05, 4.69) is 17.6 Å². The molecule has 2 amide bonds. The predicted octanol–water partition coefficient (Wildman–Crippen LogP) is 4.68. The zero-order valence-corrected chi connectivity index (χ0v) is 20.9. The first-order chi connectivity index (χ1) is 15.8. The molecular weight excluding hydrogens is 456 g/mol. The van der Waals surface area contributed by atoms with Gasteiger partial charge in [0.25, 0.3) is 5.56 Å². The average molecular weight is 485 g/mol. The molecule has 1 aliphatic rings. The first-order valence-electron chi connectivity index (χ1n) is 11.2. The first-order valence-corrected chi connectivity index (χ1v) is 12.9. The van der Waals surface area contributed by atoms with Gasteiger partial charge in [-0.1, -0.05) is 18.7 Å². The molecule has 1 aromatic carbocycles. The van der Waals surface area contributed by atoms with Crippen LogP contribution in [0.3, 0.4) is 0 Å². The summed E-state index contributed by atoms with van der Waals surface area (Å²) in [5, 5.41) is 6.48. The number of carbonyl (C=O) groups is 2. The zero-order chi connectivity index (χ0) is 23.7. The van der Waals surface area contributed by atoms with E-state index in [-0.39, 0.29) is 17.4 Å². The van der Waals surface area contributed by atoms with Crippen molar-refractivity contribution < 1.29 is 9.59 Å². The van der Waals surface area contributed by atoms with E-state index in [1.54, 1.807) is 40.2 Å². The van der Waals surface area contributed by atoms with E-state index < -0.39 is 5.25 Å². The SMILES string of the molecule is CCn1c(SC(C)C(=O)Nc2ccc(NC(C)=O)cc2)nc2sc3c(c2c1=O)CCC(C)C3. The number of fused-ring (bicyclic) bond motifs is 3. The number of thioether (sulfide) groups is 1. The molecule has 0 radical (unpaired) electrons. The summed E-state index contributed by atoms with van der Waals surface area (Å²) in [5.41, 5.74) is 2.48. The fourth-order valence-electron chi connectivity index (χ4n) is 4.07. The molecule has 0 spiro atoms. The van der Waals surface area contributed by atoms with Gasteiger partial charge < -0.3 is 10.6 Å². The van der Waals surface area contributed by atoms with Crippen LogP contribution in [0.25, 0.3) is 10.2 Å². The molecule has 0 aliphatic heterocycles. The third-order valence-electron chi connectivity index (χ3n) is 5.82. The van der Waals surface area contributed by atoms with Crippen molar-refractivity contribution in [2.24, 2.45) is 5.92 Å². The number of carbonyl (C=O) groups excluding carboxylic acids is 2. The predicted molar refractivity (Wildman–Crippen MR) is 135 cm³/mol. The van der Waals surface area contributed by atoms with Crippen molar-refractivity contribution in [3.63, 3.8) is 0 Å². The van der Waals surface area contributed by atoms with E-state index in [0.717, 1.165) is 29.5 Å². The number of aromatic nitrogens is 2. The van der Waals surface area contributed by atoms with Gasteiger partial charge in [-0.2, -0.15) is 0 Å².